The summed E-state index contributed by atoms with van der Waals surface area (Å²) in [6.07, 6.45) is 1.77. The van der Waals surface area contributed by atoms with Crippen LogP contribution in [0.1, 0.15) is 5.56 Å². The summed E-state index contributed by atoms with van der Waals surface area (Å²) in [6, 6.07) is 10.9. The largest absolute Gasteiger partial charge is 0.497 e. The lowest BCUT2D eigenvalue weighted by molar-refractivity contribution is -0.139. The van der Waals surface area contributed by atoms with E-state index < -0.39 is 12.6 Å². The van der Waals surface area contributed by atoms with Gasteiger partial charge in [0.1, 0.15) is 11.5 Å². The maximum atomic E-state index is 12.3. The van der Waals surface area contributed by atoms with Gasteiger partial charge in [0.2, 0.25) is 0 Å². The van der Waals surface area contributed by atoms with Gasteiger partial charge in [-0.3, -0.25) is 4.79 Å². The van der Waals surface area contributed by atoms with E-state index in [-0.39, 0.29) is 5.91 Å². The standard InChI is InChI=1S/C19H14I2N2O5S/c1-27-12-4-2-11(3-5-12)22-19-23-18(26)15(29-19)8-10-6-13(20)17(14(21)7-10)28-9-16(24)25/h2-8H,9H2,1H3,(H,24,25)(H,22,23,26)/b15-8-. The van der Waals surface area contributed by atoms with E-state index in [0.717, 1.165) is 18.5 Å². The van der Waals surface area contributed by atoms with E-state index in [0.29, 0.717) is 21.5 Å². The Morgan fingerprint density at radius 1 is 1.24 bits per heavy atom. The molecule has 150 valence electrons. The van der Waals surface area contributed by atoms with Crippen LogP contribution in [0.3, 0.4) is 0 Å². The summed E-state index contributed by atoms with van der Waals surface area (Å²) in [6.45, 7) is -0.407. The summed E-state index contributed by atoms with van der Waals surface area (Å²) in [5.74, 6) is -0.0114. The minimum atomic E-state index is -1.04. The van der Waals surface area contributed by atoms with E-state index in [4.69, 9.17) is 14.6 Å². The molecule has 1 fully saturated rings. The first-order chi connectivity index (χ1) is 13.9. The summed E-state index contributed by atoms with van der Waals surface area (Å²) in [4.78, 5) is 28.0. The van der Waals surface area contributed by atoms with Gasteiger partial charge >= 0.3 is 5.97 Å². The Labute approximate surface area is 198 Å². The molecule has 0 aliphatic carbocycles. The second-order valence-corrected chi connectivity index (χ2v) is 9.03. The molecule has 2 N–H and O–H groups in total. The van der Waals surface area contributed by atoms with E-state index in [9.17, 15) is 9.59 Å². The number of carboxylic acids is 1. The smallest absolute Gasteiger partial charge is 0.341 e. The second kappa shape index (κ2) is 9.80. The van der Waals surface area contributed by atoms with Crippen molar-refractivity contribution in [2.75, 3.05) is 13.7 Å². The fourth-order valence-corrected chi connectivity index (χ4v) is 5.31. The minimum absolute atomic E-state index is 0.224. The van der Waals surface area contributed by atoms with Crippen LogP contribution in [0.25, 0.3) is 6.08 Å². The van der Waals surface area contributed by atoms with E-state index >= 15 is 0 Å². The number of carboxylic acid groups (broad SMARTS) is 1. The van der Waals surface area contributed by atoms with Crippen LogP contribution in [0.4, 0.5) is 5.69 Å². The highest BCUT2D eigenvalue weighted by Crippen LogP contribution is 2.32. The summed E-state index contributed by atoms with van der Waals surface area (Å²) in [7, 11) is 1.60. The fourth-order valence-electron chi connectivity index (χ4n) is 2.34. The highest BCUT2D eigenvalue weighted by molar-refractivity contribution is 14.1. The molecule has 2 aromatic rings. The Kier molecular flexibility index (Phi) is 7.40. The Balaban J connectivity index is 1.79. The zero-order chi connectivity index (χ0) is 21.0. The fraction of sp³-hybridized carbons (Fsp3) is 0.105. The Bertz CT molecular complexity index is 999. The molecule has 1 heterocycles. The number of amidine groups is 1. The van der Waals surface area contributed by atoms with Gasteiger partial charge in [0, 0.05) is 0 Å². The SMILES string of the molecule is COc1ccc(N=C2NC(=O)/C(=C/c3cc(I)c(OCC(=O)O)c(I)c3)S2)cc1. The molecule has 1 aliphatic rings. The van der Waals surface area contributed by atoms with E-state index in [1.165, 1.54) is 11.8 Å². The minimum Gasteiger partial charge on any atom is -0.497 e. The Hall–Kier alpha value is -1.80. The average Bonchev–Trinajstić information content (AvgIpc) is 3.00. The molecular weight excluding hydrogens is 622 g/mol. The van der Waals surface area contributed by atoms with Gasteiger partial charge in [-0.15, -0.1) is 0 Å². The predicted molar refractivity (Wildman–Crippen MR) is 129 cm³/mol. The maximum Gasteiger partial charge on any atom is 0.341 e. The number of benzene rings is 2. The van der Waals surface area contributed by atoms with Gasteiger partial charge in [0.05, 0.1) is 24.8 Å². The lowest BCUT2D eigenvalue weighted by atomic mass is 10.2. The number of hydrogen-bond donors (Lipinski definition) is 2. The summed E-state index contributed by atoms with van der Waals surface area (Å²) >= 11 is 5.42. The average molecular weight is 636 g/mol. The molecule has 29 heavy (non-hydrogen) atoms. The first kappa shape index (κ1) is 21.9. The second-order valence-electron chi connectivity index (χ2n) is 5.68. The number of amides is 1. The van der Waals surface area contributed by atoms with Crippen LogP contribution >= 0.6 is 56.9 Å². The van der Waals surface area contributed by atoms with Gasteiger partial charge in [-0.05, 0) is 105 Å². The molecule has 0 bridgehead atoms. The number of nitrogens with zero attached hydrogens (tertiary/aromatic N) is 1. The summed E-state index contributed by atoms with van der Waals surface area (Å²) in [5, 5.41) is 12.0. The van der Waals surface area contributed by atoms with Gasteiger partial charge < -0.3 is 19.9 Å². The molecule has 0 atom stereocenters. The first-order valence-electron chi connectivity index (χ1n) is 8.13. The van der Waals surface area contributed by atoms with Crippen LogP contribution in [-0.4, -0.2) is 35.9 Å². The van der Waals surface area contributed by atoms with E-state index in [2.05, 4.69) is 55.5 Å². The van der Waals surface area contributed by atoms with Crippen LogP contribution in [0, 0.1) is 7.14 Å². The van der Waals surface area contributed by atoms with Gasteiger partial charge in [-0.1, -0.05) is 0 Å². The van der Waals surface area contributed by atoms with Crippen molar-refractivity contribution in [3.05, 3.63) is 54.0 Å². The molecule has 1 saturated heterocycles. The zero-order valence-corrected chi connectivity index (χ0v) is 20.1. The third-order valence-electron chi connectivity index (χ3n) is 3.61. The molecular formula is C19H14I2N2O5S. The molecule has 3 rings (SSSR count). The van der Waals surface area contributed by atoms with E-state index in [1.54, 1.807) is 37.5 Å². The third-order valence-corrected chi connectivity index (χ3v) is 6.12. The van der Waals surface area contributed by atoms with Crippen molar-refractivity contribution in [3.8, 4) is 11.5 Å². The van der Waals surface area contributed by atoms with Crippen LogP contribution in [-0.2, 0) is 9.59 Å². The van der Waals surface area contributed by atoms with Crippen LogP contribution < -0.4 is 14.8 Å². The van der Waals surface area contributed by atoms with Gasteiger partial charge in [-0.2, -0.15) is 0 Å². The van der Waals surface area contributed by atoms with Gasteiger partial charge in [0.25, 0.3) is 5.91 Å². The van der Waals surface area contributed by atoms with Crippen molar-refractivity contribution in [2.24, 2.45) is 4.99 Å². The van der Waals surface area contributed by atoms with Crippen molar-refractivity contribution in [3.63, 3.8) is 0 Å². The topological polar surface area (TPSA) is 97.2 Å². The number of hydrogen-bond acceptors (Lipinski definition) is 6. The van der Waals surface area contributed by atoms with Crippen molar-refractivity contribution in [1.82, 2.24) is 5.32 Å². The highest BCUT2D eigenvalue weighted by atomic mass is 127. The lowest BCUT2D eigenvalue weighted by Gasteiger charge is -2.09. The normalized spacial score (nSPS) is 16.2. The number of thioether (sulfide) groups is 1. The number of rotatable bonds is 6. The number of nitrogens with one attached hydrogen (secondary N) is 1. The number of ether oxygens (including phenoxy) is 2. The van der Waals surface area contributed by atoms with Crippen molar-refractivity contribution in [2.45, 2.75) is 0 Å². The molecule has 2 aromatic carbocycles. The van der Waals surface area contributed by atoms with Gasteiger partial charge in [-0.25, -0.2) is 9.79 Å². The van der Waals surface area contributed by atoms with Crippen LogP contribution in [0.2, 0.25) is 0 Å². The zero-order valence-electron chi connectivity index (χ0n) is 14.9. The number of carbonyl (C=O) groups is 2. The number of halogens is 2. The third kappa shape index (κ3) is 5.85. The van der Waals surface area contributed by atoms with Crippen molar-refractivity contribution < 1.29 is 24.2 Å². The van der Waals surface area contributed by atoms with Crippen LogP contribution in [0.15, 0.2) is 46.3 Å². The number of carbonyl (C=O) groups excluding carboxylic acids is 1. The molecule has 0 radical (unpaired) electrons. The monoisotopic (exact) mass is 636 g/mol. The summed E-state index contributed by atoms with van der Waals surface area (Å²) < 4.78 is 12.0. The first-order valence-corrected chi connectivity index (χ1v) is 11.1. The number of methoxy groups -OCH3 is 1. The molecule has 0 saturated carbocycles. The number of aliphatic carboxylic acids is 1. The lowest BCUT2D eigenvalue weighted by Crippen LogP contribution is -2.19. The Morgan fingerprint density at radius 2 is 1.90 bits per heavy atom. The van der Waals surface area contributed by atoms with Crippen LogP contribution in [0.5, 0.6) is 11.5 Å². The molecule has 1 aliphatic heterocycles. The van der Waals surface area contributed by atoms with Crippen molar-refractivity contribution in [1.29, 1.82) is 0 Å². The number of aliphatic imine (C=N–C) groups is 1. The molecule has 0 spiro atoms. The predicted octanol–water partition coefficient (Wildman–Crippen LogP) is 4.26. The summed E-state index contributed by atoms with van der Waals surface area (Å²) in [5.41, 5.74) is 1.52. The van der Waals surface area contributed by atoms with Crippen molar-refractivity contribution >= 4 is 85.8 Å². The maximum absolute atomic E-state index is 12.3. The van der Waals surface area contributed by atoms with Gasteiger partial charge in [0.15, 0.2) is 11.8 Å². The molecule has 0 unspecified atom stereocenters. The quantitative estimate of drug-likeness (QED) is 0.364. The molecule has 10 heteroatoms. The molecule has 7 nitrogen and oxygen atoms in total. The molecule has 1 amide bonds. The Morgan fingerprint density at radius 3 is 2.48 bits per heavy atom. The molecule has 0 aromatic heterocycles. The van der Waals surface area contributed by atoms with E-state index in [1.807, 2.05) is 12.1 Å². The highest BCUT2D eigenvalue weighted by Gasteiger charge is 2.24.